The van der Waals surface area contributed by atoms with Crippen molar-refractivity contribution in [3.63, 3.8) is 0 Å². The van der Waals surface area contributed by atoms with Crippen LogP contribution in [0.1, 0.15) is 25.3 Å². The predicted octanol–water partition coefficient (Wildman–Crippen LogP) is 4.61. The van der Waals surface area contributed by atoms with Gasteiger partial charge in [0.1, 0.15) is 11.6 Å². The zero-order valence-corrected chi connectivity index (χ0v) is 16.8. The average molecular weight is 391 g/mol. The Bertz CT molecular complexity index is 1260. The molecule has 5 nitrogen and oxygen atoms in total. The van der Waals surface area contributed by atoms with Crippen LogP contribution in [0.2, 0.25) is 0 Å². The van der Waals surface area contributed by atoms with Gasteiger partial charge in [-0.2, -0.15) is 0 Å². The van der Waals surface area contributed by atoms with Gasteiger partial charge in [0.25, 0.3) is 0 Å². The lowest BCUT2D eigenvalue weighted by Gasteiger charge is -2.15. The fourth-order valence-electron chi connectivity index (χ4n) is 3.33. The maximum atomic E-state index is 11.8. The molecule has 0 aliphatic carbocycles. The maximum Gasteiger partial charge on any atom is 0.175 e. The molecule has 0 N–H and O–H groups in total. The van der Waals surface area contributed by atoms with Crippen molar-refractivity contribution >= 4 is 20.9 Å². The fraction of sp³-hybridized carbons (Fsp3) is 0.182. The molecule has 142 valence electrons. The molecule has 0 saturated heterocycles. The molecule has 28 heavy (non-hydrogen) atoms. The van der Waals surface area contributed by atoms with Crippen LogP contribution in [0.25, 0.3) is 28.2 Å². The van der Waals surface area contributed by atoms with Crippen molar-refractivity contribution in [2.24, 2.45) is 0 Å². The van der Waals surface area contributed by atoms with Crippen LogP contribution in [0, 0.1) is 0 Å². The van der Waals surface area contributed by atoms with E-state index < -0.39 is 9.84 Å². The van der Waals surface area contributed by atoms with E-state index in [0.717, 1.165) is 33.8 Å². The third kappa shape index (κ3) is 3.20. The molecule has 2 heterocycles. The summed E-state index contributed by atoms with van der Waals surface area (Å²) in [6.07, 6.45) is 2.99. The Hall–Kier alpha value is -2.99. The molecule has 0 unspecified atom stereocenters. The molecule has 0 fully saturated rings. The zero-order valence-electron chi connectivity index (χ0n) is 16.0. The van der Waals surface area contributed by atoms with Crippen molar-refractivity contribution in [3.8, 4) is 17.2 Å². The molecule has 0 amide bonds. The van der Waals surface area contributed by atoms with Crippen molar-refractivity contribution in [3.05, 3.63) is 72.4 Å². The molecule has 0 saturated carbocycles. The van der Waals surface area contributed by atoms with E-state index in [-0.39, 0.29) is 0 Å². The Morgan fingerprint density at radius 1 is 0.929 bits per heavy atom. The van der Waals surface area contributed by atoms with Crippen LogP contribution in [-0.4, -0.2) is 29.2 Å². The van der Waals surface area contributed by atoms with Crippen LogP contribution in [0.4, 0.5) is 0 Å². The second-order valence-corrected chi connectivity index (χ2v) is 9.14. The Labute approximate surface area is 164 Å². The predicted molar refractivity (Wildman–Crippen MR) is 111 cm³/mol. The summed E-state index contributed by atoms with van der Waals surface area (Å²) in [7, 11) is -3.25. The lowest BCUT2D eigenvalue weighted by atomic mass is 10.0. The summed E-state index contributed by atoms with van der Waals surface area (Å²) >= 11 is 0. The van der Waals surface area contributed by atoms with Gasteiger partial charge in [-0.3, -0.25) is 4.57 Å². The average Bonchev–Trinajstić information content (AvgIpc) is 3.07. The van der Waals surface area contributed by atoms with Gasteiger partial charge < -0.3 is 0 Å². The summed E-state index contributed by atoms with van der Waals surface area (Å²) in [5.41, 5.74) is 3.79. The number of benzene rings is 2. The number of pyridine rings is 1. The molecule has 6 heteroatoms. The van der Waals surface area contributed by atoms with Crippen LogP contribution in [0.15, 0.2) is 71.8 Å². The number of hydrogen-bond donors (Lipinski definition) is 0. The second kappa shape index (κ2) is 6.87. The number of para-hydroxylation sites is 2. The number of imidazole rings is 1. The molecule has 0 aliphatic heterocycles. The molecular weight excluding hydrogens is 370 g/mol. The van der Waals surface area contributed by atoms with E-state index in [1.807, 2.05) is 30.3 Å². The molecule has 0 bridgehead atoms. The molecule has 0 radical (unpaired) electrons. The molecule has 0 spiro atoms. The summed E-state index contributed by atoms with van der Waals surface area (Å²) in [5, 5.41) is 0. The van der Waals surface area contributed by atoms with Crippen molar-refractivity contribution < 1.29 is 8.42 Å². The fourth-order valence-corrected chi connectivity index (χ4v) is 3.96. The smallest absolute Gasteiger partial charge is 0.175 e. The van der Waals surface area contributed by atoms with Crippen molar-refractivity contribution in [2.75, 3.05) is 6.26 Å². The standard InChI is InChI=1S/C22H21N3O2S/c1-15(2)18-7-6-14-23-22(18)25-20-9-5-4-8-19(20)24-21(25)16-10-12-17(13-11-16)28(3,26)27/h4-15H,1-3H3. The number of hydrogen-bond acceptors (Lipinski definition) is 4. The van der Waals surface area contributed by atoms with Gasteiger partial charge in [0, 0.05) is 18.0 Å². The van der Waals surface area contributed by atoms with E-state index in [2.05, 4.69) is 29.5 Å². The van der Waals surface area contributed by atoms with Gasteiger partial charge in [0.15, 0.2) is 9.84 Å². The van der Waals surface area contributed by atoms with E-state index in [1.165, 1.54) is 6.26 Å². The zero-order chi connectivity index (χ0) is 19.9. The number of aromatic nitrogens is 3. The van der Waals surface area contributed by atoms with Crippen molar-refractivity contribution in [2.45, 2.75) is 24.7 Å². The number of sulfone groups is 1. The third-order valence-electron chi connectivity index (χ3n) is 4.75. The van der Waals surface area contributed by atoms with Crippen LogP contribution >= 0.6 is 0 Å². The number of rotatable bonds is 4. The minimum Gasteiger partial charge on any atom is -0.276 e. The van der Waals surface area contributed by atoms with Gasteiger partial charge in [0.05, 0.1) is 15.9 Å². The van der Waals surface area contributed by atoms with Crippen LogP contribution < -0.4 is 0 Å². The van der Waals surface area contributed by atoms with Crippen molar-refractivity contribution in [1.82, 2.24) is 14.5 Å². The first-order chi connectivity index (χ1) is 13.4. The van der Waals surface area contributed by atoms with Gasteiger partial charge in [-0.15, -0.1) is 0 Å². The Morgan fingerprint density at radius 3 is 2.32 bits per heavy atom. The molecule has 0 aliphatic rings. The van der Waals surface area contributed by atoms with Gasteiger partial charge in [0.2, 0.25) is 0 Å². The Kier molecular flexibility index (Phi) is 4.51. The molecule has 4 aromatic rings. The Balaban J connectivity index is 2.00. The van der Waals surface area contributed by atoms with E-state index >= 15 is 0 Å². The lowest BCUT2D eigenvalue weighted by Crippen LogP contribution is -2.06. The molecule has 2 aromatic carbocycles. The number of fused-ring (bicyclic) bond motifs is 1. The van der Waals surface area contributed by atoms with Crippen LogP contribution in [0.3, 0.4) is 0 Å². The van der Waals surface area contributed by atoms with Crippen LogP contribution in [-0.2, 0) is 9.84 Å². The van der Waals surface area contributed by atoms with Gasteiger partial charge in [-0.25, -0.2) is 18.4 Å². The minimum atomic E-state index is -3.25. The maximum absolute atomic E-state index is 11.8. The normalized spacial score (nSPS) is 12.0. The molecule has 4 rings (SSSR count). The first-order valence-electron chi connectivity index (χ1n) is 9.09. The monoisotopic (exact) mass is 391 g/mol. The highest BCUT2D eigenvalue weighted by molar-refractivity contribution is 7.90. The van der Waals surface area contributed by atoms with Gasteiger partial charge in [-0.1, -0.05) is 32.0 Å². The SMILES string of the molecule is CC(C)c1cccnc1-n1c(-c2ccc(S(C)(=O)=O)cc2)nc2ccccc21. The van der Waals surface area contributed by atoms with Gasteiger partial charge in [-0.05, 0) is 53.9 Å². The first kappa shape index (κ1) is 18.4. The molecule has 0 atom stereocenters. The largest absolute Gasteiger partial charge is 0.276 e. The number of nitrogens with zero attached hydrogens (tertiary/aromatic N) is 3. The molecular formula is C22H21N3O2S. The summed E-state index contributed by atoms with van der Waals surface area (Å²) in [5.74, 6) is 1.88. The highest BCUT2D eigenvalue weighted by Gasteiger charge is 2.19. The van der Waals surface area contributed by atoms with Crippen LogP contribution in [0.5, 0.6) is 0 Å². The summed E-state index contributed by atoms with van der Waals surface area (Å²) in [6.45, 7) is 4.28. The van der Waals surface area contributed by atoms with E-state index in [1.54, 1.807) is 30.5 Å². The summed E-state index contributed by atoms with van der Waals surface area (Å²) < 4.78 is 25.7. The van der Waals surface area contributed by atoms with E-state index in [9.17, 15) is 8.42 Å². The topological polar surface area (TPSA) is 64.8 Å². The third-order valence-corrected chi connectivity index (χ3v) is 5.88. The molecule has 2 aromatic heterocycles. The first-order valence-corrected chi connectivity index (χ1v) is 11.0. The summed E-state index contributed by atoms with van der Waals surface area (Å²) in [4.78, 5) is 9.78. The second-order valence-electron chi connectivity index (χ2n) is 7.13. The highest BCUT2D eigenvalue weighted by Crippen LogP contribution is 2.31. The lowest BCUT2D eigenvalue weighted by molar-refractivity contribution is 0.602. The summed E-state index contributed by atoms with van der Waals surface area (Å²) in [6, 6.07) is 18.8. The van der Waals surface area contributed by atoms with Gasteiger partial charge >= 0.3 is 0 Å². The quantitative estimate of drug-likeness (QED) is 0.509. The van der Waals surface area contributed by atoms with Crippen molar-refractivity contribution in [1.29, 1.82) is 0 Å². The minimum absolute atomic E-state index is 0.291. The van der Waals surface area contributed by atoms with E-state index in [0.29, 0.717) is 10.8 Å². The highest BCUT2D eigenvalue weighted by atomic mass is 32.2. The Morgan fingerprint density at radius 2 is 1.64 bits per heavy atom. The van der Waals surface area contributed by atoms with E-state index in [4.69, 9.17) is 4.98 Å².